The van der Waals surface area contributed by atoms with Gasteiger partial charge in [0, 0.05) is 43.1 Å². The summed E-state index contributed by atoms with van der Waals surface area (Å²) in [6.45, 7) is 8.48. The number of benzene rings is 2. The molecule has 5 aromatic rings. The van der Waals surface area contributed by atoms with E-state index in [0.29, 0.717) is 23.5 Å². The fraction of sp³-hybridized carbons (Fsp3) is 0.333. The average molecular weight is 602 g/mol. The first-order valence-corrected chi connectivity index (χ1v) is 15.7. The lowest BCUT2D eigenvalue weighted by molar-refractivity contribution is 0.0416. The Morgan fingerprint density at radius 3 is 2.36 bits per heavy atom. The molecule has 1 amide bonds. The number of imidazole rings is 1. The van der Waals surface area contributed by atoms with Crippen LogP contribution in [0.5, 0.6) is 0 Å². The van der Waals surface area contributed by atoms with Crippen molar-refractivity contribution < 1.29 is 9.53 Å². The van der Waals surface area contributed by atoms with Crippen molar-refractivity contribution in [1.82, 2.24) is 29.7 Å². The number of carbonyl (C=O) groups excluding carboxylic acids is 1. The van der Waals surface area contributed by atoms with E-state index in [2.05, 4.69) is 56.2 Å². The number of amides is 1. The molecule has 45 heavy (non-hydrogen) atoms. The fourth-order valence-corrected chi connectivity index (χ4v) is 6.90. The highest BCUT2D eigenvalue weighted by molar-refractivity contribution is 5.84. The molecule has 2 aliphatic rings. The van der Waals surface area contributed by atoms with Crippen LogP contribution in [0.15, 0.2) is 85.1 Å². The topological polar surface area (TPSA) is 111 Å². The highest BCUT2D eigenvalue weighted by atomic mass is 16.6. The van der Waals surface area contributed by atoms with Crippen molar-refractivity contribution in [2.75, 3.05) is 18.8 Å². The number of pyridine rings is 2. The molecule has 230 valence electrons. The van der Waals surface area contributed by atoms with Gasteiger partial charge in [0.05, 0.1) is 11.3 Å². The maximum absolute atomic E-state index is 12.5. The number of hydrogen-bond donors (Lipinski definition) is 2. The van der Waals surface area contributed by atoms with Gasteiger partial charge in [0.15, 0.2) is 11.5 Å². The number of piperidine rings is 1. The summed E-state index contributed by atoms with van der Waals surface area (Å²) in [4.78, 5) is 29.4. The maximum atomic E-state index is 12.5. The highest BCUT2D eigenvalue weighted by Crippen LogP contribution is 2.38. The third-order valence-electron chi connectivity index (χ3n) is 8.85. The van der Waals surface area contributed by atoms with Gasteiger partial charge in [0.2, 0.25) is 0 Å². The molecule has 9 heteroatoms. The van der Waals surface area contributed by atoms with Gasteiger partial charge in [0.1, 0.15) is 16.9 Å². The third kappa shape index (κ3) is 6.00. The molecule has 2 fully saturated rings. The van der Waals surface area contributed by atoms with Gasteiger partial charge in [-0.15, -0.1) is 0 Å². The molecule has 1 saturated carbocycles. The van der Waals surface area contributed by atoms with Gasteiger partial charge < -0.3 is 15.8 Å². The Morgan fingerprint density at radius 2 is 1.67 bits per heavy atom. The highest BCUT2D eigenvalue weighted by Gasteiger charge is 2.43. The molecule has 2 unspecified atom stereocenters. The van der Waals surface area contributed by atoms with Crippen molar-refractivity contribution in [3.05, 3.63) is 90.6 Å². The van der Waals surface area contributed by atoms with Gasteiger partial charge in [-0.3, -0.25) is 9.47 Å². The number of anilines is 1. The monoisotopic (exact) mass is 601 g/mol. The van der Waals surface area contributed by atoms with Gasteiger partial charge in [-0.25, -0.2) is 19.7 Å². The molecule has 2 bridgehead atoms. The summed E-state index contributed by atoms with van der Waals surface area (Å²) in [5.74, 6) is 2.00. The average Bonchev–Trinajstić information content (AvgIpc) is 3.49. The molecule has 1 aliphatic carbocycles. The molecule has 4 heterocycles. The molecular weight excluding hydrogens is 562 g/mol. The van der Waals surface area contributed by atoms with Crippen LogP contribution in [0.25, 0.3) is 39.5 Å². The third-order valence-corrected chi connectivity index (χ3v) is 8.85. The largest absolute Gasteiger partial charge is 0.444 e. The Labute approximate surface area is 263 Å². The number of carbonyl (C=O) groups is 1. The molecule has 3 aromatic heterocycles. The van der Waals surface area contributed by atoms with Crippen LogP contribution in [-0.2, 0) is 11.3 Å². The zero-order valence-electron chi connectivity index (χ0n) is 26.0. The SMILES string of the molecule is CC(C)(C)OC(=O)NC1C2CCC1CN(Cc1ccc(-n3c(-c4cccnc4N)nc4ccc(-c5ccccc5)nc43)cc1)C2. The van der Waals surface area contributed by atoms with Crippen molar-refractivity contribution in [2.24, 2.45) is 11.8 Å². The summed E-state index contributed by atoms with van der Waals surface area (Å²) in [6, 6.07) is 26.8. The lowest BCUT2D eigenvalue weighted by atomic mass is 9.92. The molecular formula is C36H39N7O2. The van der Waals surface area contributed by atoms with Crippen LogP contribution in [0.3, 0.4) is 0 Å². The van der Waals surface area contributed by atoms with E-state index in [-0.39, 0.29) is 12.1 Å². The number of ether oxygens (including phenoxy) is 1. The van der Waals surface area contributed by atoms with Gasteiger partial charge in [-0.2, -0.15) is 0 Å². The van der Waals surface area contributed by atoms with E-state index in [9.17, 15) is 4.79 Å². The maximum Gasteiger partial charge on any atom is 0.407 e. The van der Waals surface area contributed by atoms with Crippen molar-refractivity contribution >= 4 is 23.1 Å². The zero-order chi connectivity index (χ0) is 31.1. The van der Waals surface area contributed by atoms with E-state index in [1.54, 1.807) is 6.20 Å². The van der Waals surface area contributed by atoms with Crippen LogP contribution < -0.4 is 11.1 Å². The summed E-state index contributed by atoms with van der Waals surface area (Å²) < 4.78 is 7.62. The normalized spacial score (nSPS) is 19.9. The number of hydrogen-bond acceptors (Lipinski definition) is 7. The first-order chi connectivity index (χ1) is 21.7. The minimum Gasteiger partial charge on any atom is -0.444 e. The van der Waals surface area contributed by atoms with E-state index in [1.165, 1.54) is 5.56 Å². The predicted octanol–water partition coefficient (Wildman–Crippen LogP) is 6.47. The summed E-state index contributed by atoms with van der Waals surface area (Å²) in [5, 5.41) is 3.18. The number of nitrogens with two attached hydrogens (primary N) is 1. The number of nitrogen functional groups attached to an aromatic ring is 1. The molecule has 1 saturated heterocycles. The molecule has 7 rings (SSSR count). The van der Waals surface area contributed by atoms with Crippen LogP contribution in [0.1, 0.15) is 39.2 Å². The summed E-state index contributed by atoms with van der Waals surface area (Å²) in [7, 11) is 0. The summed E-state index contributed by atoms with van der Waals surface area (Å²) >= 11 is 0. The number of likely N-dealkylation sites (tertiary alicyclic amines) is 1. The second kappa shape index (κ2) is 11.6. The molecule has 2 atom stereocenters. The van der Waals surface area contributed by atoms with E-state index in [0.717, 1.165) is 66.1 Å². The molecule has 1 aliphatic heterocycles. The zero-order valence-corrected chi connectivity index (χ0v) is 26.0. The Hall–Kier alpha value is -4.76. The van der Waals surface area contributed by atoms with Crippen molar-refractivity contribution in [3.63, 3.8) is 0 Å². The van der Waals surface area contributed by atoms with Crippen molar-refractivity contribution in [3.8, 4) is 28.3 Å². The van der Waals surface area contributed by atoms with Gasteiger partial charge in [-0.05, 0) is 87.4 Å². The Balaban J connectivity index is 1.15. The van der Waals surface area contributed by atoms with E-state index < -0.39 is 5.60 Å². The molecule has 3 N–H and O–H groups in total. The second-order valence-corrected chi connectivity index (χ2v) is 13.2. The van der Waals surface area contributed by atoms with Gasteiger partial charge in [-0.1, -0.05) is 42.5 Å². The van der Waals surface area contributed by atoms with Gasteiger partial charge >= 0.3 is 6.09 Å². The first-order valence-electron chi connectivity index (χ1n) is 15.7. The Morgan fingerprint density at radius 1 is 0.933 bits per heavy atom. The lowest BCUT2D eigenvalue weighted by Crippen LogP contribution is -2.53. The van der Waals surface area contributed by atoms with Crippen LogP contribution >= 0.6 is 0 Å². The number of aromatic nitrogens is 4. The molecule has 9 nitrogen and oxygen atoms in total. The second-order valence-electron chi connectivity index (χ2n) is 13.2. The minimum atomic E-state index is -0.495. The number of alkyl carbamates (subject to hydrolysis) is 1. The first kappa shape index (κ1) is 29.0. The van der Waals surface area contributed by atoms with Crippen molar-refractivity contribution in [1.29, 1.82) is 0 Å². The summed E-state index contributed by atoms with van der Waals surface area (Å²) in [5.41, 5.74) is 12.3. The number of nitrogens with zero attached hydrogens (tertiary/aromatic N) is 5. The van der Waals surface area contributed by atoms with Crippen LogP contribution in [0.4, 0.5) is 10.6 Å². The fourth-order valence-electron chi connectivity index (χ4n) is 6.90. The van der Waals surface area contributed by atoms with E-state index >= 15 is 0 Å². The van der Waals surface area contributed by atoms with Crippen LogP contribution in [-0.4, -0.2) is 55.2 Å². The Kier molecular flexibility index (Phi) is 7.49. The minimum absolute atomic E-state index is 0.180. The summed E-state index contributed by atoms with van der Waals surface area (Å²) in [6.07, 6.45) is 3.65. The quantitative estimate of drug-likeness (QED) is 0.230. The smallest absolute Gasteiger partial charge is 0.407 e. The molecule has 2 aromatic carbocycles. The van der Waals surface area contributed by atoms with E-state index in [4.69, 9.17) is 20.4 Å². The lowest BCUT2D eigenvalue weighted by Gasteiger charge is -2.38. The number of rotatable bonds is 6. The van der Waals surface area contributed by atoms with Crippen LogP contribution in [0, 0.1) is 11.8 Å². The van der Waals surface area contributed by atoms with E-state index in [1.807, 2.05) is 63.2 Å². The number of nitrogens with one attached hydrogen (secondary N) is 1. The number of fused-ring (bicyclic) bond motifs is 3. The predicted molar refractivity (Wildman–Crippen MR) is 177 cm³/mol. The Bertz CT molecular complexity index is 1810. The molecule has 0 spiro atoms. The van der Waals surface area contributed by atoms with Crippen LogP contribution in [0.2, 0.25) is 0 Å². The van der Waals surface area contributed by atoms with Gasteiger partial charge in [0.25, 0.3) is 0 Å². The standard InChI is InChI=1S/C36H39N7O2/c1-36(2,3)45-35(44)41-31-25-13-14-26(31)22-42(21-25)20-23-11-15-27(16-12-23)43-33(28-10-7-19-38-32(28)37)40-30-18-17-29(39-34(30)43)24-8-5-4-6-9-24/h4-12,15-19,25-26,31H,13-14,20-22H2,1-3H3,(H2,37,38)(H,41,44). The van der Waals surface area contributed by atoms with Crippen molar-refractivity contribution in [2.45, 2.75) is 51.8 Å². The molecule has 0 radical (unpaired) electrons.